The highest BCUT2D eigenvalue weighted by molar-refractivity contribution is 7.99. The zero-order valence-electron chi connectivity index (χ0n) is 17.8. The van der Waals surface area contributed by atoms with Crippen molar-refractivity contribution in [3.8, 4) is 17.6 Å². The third kappa shape index (κ3) is 5.37. The molecule has 0 radical (unpaired) electrons. The Labute approximate surface area is 181 Å². The number of nitrogens with zero attached hydrogens (tertiary/aromatic N) is 3. The maximum atomic E-state index is 13.4. The van der Waals surface area contributed by atoms with Crippen molar-refractivity contribution in [2.75, 3.05) is 20.0 Å². The fourth-order valence-electron chi connectivity index (χ4n) is 3.69. The molecule has 1 aliphatic rings. The molecule has 2 aromatic rings. The first-order valence-corrected chi connectivity index (χ1v) is 11.5. The maximum absolute atomic E-state index is 13.4. The monoisotopic (exact) mass is 427 g/mol. The van der Waals surface area contributed by atoms with Gasteiger partial charge in [-0.05, 0) is 51.0 Å². The summed E-state index contributed by atoms with van der Waals surface area (Å²) in [5.74, 6) is 1.92. The lowest BCUT2D eigenvalue weighted by atomic mass is 9.97. The van der Waals surface area contributed by atoms with Gasteiger partial charge in [-0.15, -0.1) is 0 Å². The molecule has 0 N–H and O–H groups in total. The molecule has 0 unspecified atom stereocenters. The quantitative estimate of drug-likeness (QED) is 0.227. The Morgan fingerprint density at radius 2 is 2.00 bits per heavy atom. The standard InChI is InChI=1S/C23H29N3O3S/c1-28-20-15-18-19(16-21(20)29-2)25-23(30-14-8-4-7-12-24)26(22(18)27)13-11-17-9-5-3-6-10-17/h9,15-16H,3-8,10-11,13-14H2,1-2H3. The molecule has 1 aliphatic carbocycles. The second-order valence-corrected chi connectivity index (χ2v) is 8.46. The molecule has 0 aliphatic heterocycles. The van der Waals surface area contributed by atoms with E-state index in [-0.39, 0.29) is 5.56 Å². The van der Waals surface area contributed by atoms with E-state index in [1.54, 1.807) is 42.7 Å². The second-order valence-electron chi connectivity index (χ2n) is 7.40. The van der Waals surface area contributed by atoms with Crippen LogP contribution in [0.2, 0.25) is 0 Å². The van der Waals surface area contributed by atoms with Gasteiger partial charge in [0.15, 0.2) is 16.7 Å². The Morgan fingerprint density at radius 3 is 2.70 bits per heavy atom. The van der Waals surface area contributed by atoms with E-state index in [4.69, 9.17) is 19.7 Å². The first-order valence-electron chi connectivity index (χ1n) is 10.5. The minimum absolute atomic E-state index is 0.0445. The number of methoxy groups -OCH3 is 2. The summed E-state index contributed by atoms with van der Waals surface area (Å²) in [5, 5.41) is 10.00. The molecule has 0 saturated carbocycles. The van der Waals surface area contributed by atoms with Gasteiger partial charge in [0, 0.05) is 24.8 Å². The van der Waals surface area contributed by atoms with E-state index < -0.39 is 0 Å². The van der Waals surface area contributed by atoms with Crippen LogP contribution < -0.4 is 15.0 Å². The van der Waals surface area contributed by atoms with Crippen molar-refractivity contribution in [3.05, 3.63) is 34.1 Å². The molecule has 30 heavy (non-hydrogen) atoms. The molecule has 7 heteroatoms. The number of thioether (sulfide) groups is 1. The summed E-state index contributed by atoms with van der Waals surface area (Å²) in [6.45, 7) is 0.627. The lowest BCUT2D eigenvalue weighted by Crippen LogP contribution is -2.24. The van der Waals surface area contributed by atoms with Crippen molar-refractivity contribution < 1.29 is 9.47 Å². The predicted octanol–water partition coefficient (Wildman–Crippen LogP) is 5.09. The minimum atomic E-state index is -0.0445. The number of aromatic nitrogens is 2. The van der Waals surface area contributed by atoms with Crippen LogP contribution in [0.4, 0.5) is 0 Å². The number of benzene rings is 1. The number of hydrogen-bond acceptors (Lipinski definition) is 6. The Balaban J connectivity index is 1.94. The molecule has 1 heterocycles. The lowest BCUT2D eigenvalue weighted by Gasteiger charge is -2.17. The molecule has 160 valence electrons. The molecule has 3 rings (SSSR count). The largest absolute Gasteiger partial charge is 0.493 e. The molecule has 0 bridgehead atoms. The summed E-state index contributed by atoms with van der Waals surface area (Å²) in [6, 6.07) is 5.67. The molecule has 0 amide bonds. The van der Waals surface area contributed by atoms with Gasteiger partial charge in [0.05, 0.1) is 31.2 Å². The summed E-state index contributed by atoms with van der Waals surface area (Å²) < 4.78 is 12.6. The van der Waals surface area contributed by atoms with Gasteiger partial charge in [-0.2, -0.15) is 5.26 Å². The first kappa shape index (κ1) is 22.2. The van der Waals surface area contributed by atoms with Crippen LogP contribution in [0.25, 0.3) is 10.9 Å². The van der Waals surface area contributed by atoms with Crippen LogP contribution in [-0.4, -0.2) is 29.5 Å². The van der Waals surface area contributed by atoms with Crippen LogP contribution in [0.3, 0.4) is 0 Å². The van der Waals surface area contributed by atoms with Gasteiger partial charge >= 0.3 is 0 Å². The second kappa shape index (κ2) is 11.1. The van der Waals surface area contributed by atoms with Gasteiger partial charge < -0.3 is 9.47 Å². The van der Waals surface area contributed by atoms with E-state index in [9.17, 15) is 4.79 Å². The van der Waals surface area contributed by atoms with Crippen molar-refractivity contribution >= 4 is 22.7 Å². The highest BCUT2D eigenvalue weighted by Gasteiger charge is 2.16. The van der Waals surface area contributed by atoms with Crippen molar-refractivity contribution in [1.29, 1.82) is 5.26 Å². The summed E-state index contributed by atoms with van der Waals surface area (Å²) in [4.78, 5) is 18.2. The number of fused-ring (bicyclic) bond motifs is 1. The highest BCUT2D eigenvalue weighted by atomic mass is 32.2. The lowest BCUT2D eigenvalue weighted by molar-refractivity contribution is 0.355. The molecule has 6 nitrogen and oxygen atoms in total. The minimum Gasteiger partial charge on any atom is -0.493 e. The van der Waals surface area contributed by atoms with Crippen LogP contribution in [0.15, 0.2) is 33.7 Å². The van der Waals surface area contributed by atoms with E-state index in [0.29, 0.717) is 35.4 Å². The van der Waals surface area contributed by atoms with Crippen LogP contribution in [-0.2, 0) is 6.54 Å². The number of unbranched alkanes of at least 4 members (excludes halogenated alkanes) is 2. The molecular weight excluding hydrogens is 398 g/mol. The van der Waals surface area contributed by atoms with Crippen molar-refractivity contribution in [2.24, 2.45) is 0 Å². The number of allylic oxidation sites excluding steroid dienone is 2. The smallest absolute Gasteiger partial charge is 0.262 e. The third-order valence-corrected chi connectivity index (χ3v) is 6.44. The van der Waals surface area contributed by atoms with Gasteiger partial charge in [0.1, 0.15) is 0 Å². The predicted molar refractivity (Wildman–Crippen MR) is 120 cm³/mol. The fraction of sp³-hybridized carbons (Fsp3) is 0.522. The van der Waals surface area contributed by atoms with Gasteiger partial charge in [0.25, 0.3) is 5.56 Å². The van der Waals surface area contributed by atoms with Crippen molar-refractivity contribution in [2.45, 2.75) is 63.1 Å². The Hall–Kier alpha value is -2.46. The molecule has 0 atom stereocenters. The SMILES string of the molecule is COc1cc2nc(SCCCCC#N)n(CCC3=CCCCC3)c(=O)c2cc1OC. The number of ether oxygens (including phenoxy) is 2. The highest BCUT2D eigenvalue weighted by Crippen LogP contribution is 2.31. The van der Waals surface area contributed by atoms with Crippen molar-refractivity contribution in [1.82, 2.24) is 9.55 Å². The van der Waals surface area contributed by atoms with Crippen LogP contribution in [0.5, 0.6) is 11.5 Å². The third-order valence-electron chi connectivity index (χ3n) is 5.38. The van der Waals surface area contributed by atoms with Crippen LogP contribution >= 0.6 is 11.8 Å². The van der Waals surface area contributed by atoms with Crippen molar-refractivity contribution in [3.63, 3.8) is 0 Å². The topological polar surface area (TPSA) is 77.1 Å². The van der Waals surface area contributed by atoms with E-state index >= 15 is 0 Å². The van der Waals surface area contributed by atoms with Gasteiger partial charge in [-0.3, -0.25) is 9.36 Å². The van der Waals surface area contributed by atoms with E-state index in [1.165, 1.54) is 18.4 Å². The number of rotatable bonds is 10. The zero-order chi connectivity index (χ0) is 21.3. The summed E-state index contributed by atoms with van der Waals surface area (Å²) in [7, 11) is 3.14. The molecule has 1 aromatic carbocycles. The molecule has 0 spiro atoms. The van der Waals surface area contributed by atoms with Gasteiger partial charge in [-0.25, -0.2) is 4.98 Å². The Bertz CT molecular complexity index is 1010. The number of nitriles is 1. The normalized spacial score (nSPS) is 13.7. The fourth-order valence-corrected chi connectivity index (χ4v) is 4.72. The van der Waals surface area contributed by atoms with Gasteiger partial charge in [-0.1, -0.05) is 23.4 Å². The molecule has 0 saturated heterocycles. The average Bonchev–Trinajstić information content (AvgIpc) is 2.78. The van der Waals surface area contributed by atoms with E-state index in [0.717, 1.165) is 43.0 Å². The average molecular weight is 428 g/mol. The van der Waals surface area contributed by atoms with Crippen LogP contribution in [0, 0.1) is 11.3 Å². The van der Waals surface area contributed by atoms with Crippen LogP contribution in [0.1, 0.15) is 51.4 Å². The molecule has 0 fully saturated rings. The van der Waals surface area contributed by atoms with E-state index in [1.807, 2.05) is 0 Å². The first-order chi connectivity index (χ1) is 14.7. The summed E-state index contributed by atoms with van der Waals surface area (Å²) in [5.41, 5.74) is 2.01. The Kier molecular flexibility index (Phi) is 8.21. The van der Waals surface area contributed by atoms with E-state index in [2.05, 4.69) is 12.1 Å². The molecule has 1 aromatic heterocycles. The zero-order valence-corrected chi connectivity index (χ0v) is 18.6. The summed E-state index contributed by atoms with van der Waals surface area (Å²) in [6.07, 6.45) is 10.3. The summed E-state index contributed by atoms with van der Waals surface area (Å²) >= 11 is 1.59. The maximum Gasteiger partial charge on any atom is 0.262 e. The number of hydrogen-bond donors (Lipinski definition) is 0. The molecular formula is C23H29N3O3S. The Morgan fingerprint density at radius 1 is 1.20 bits per heavy atom. The van der Waals surface area contributed by atoms with Gasteiger partial charge in [0.2, 0.25) is 0 Å².